The largest absolute Gasteiger partial charge is 0.466 e. The quantitative estimate of drug-likeness (QED) is 0.549. The monoisotopic (exact) mass is 477 g/mol. The summed E-state index contributed by atoms with van der Waals surface area (Å²) < 4.78 is 6.73. The summed E-state index contributed by atoms with van der Waals surface area (Å²) in [5.74, 6) is -0.399. The van der Waals surface area contributed by atoms with Crippen LogP contribution in [0.25, 0.3) is 10.9 Å². The lowest BCUT2D eigenvalue weighted by Crippen LogP contribution is -2.46. The molecule has 7 nitrogen and oxygen atoms in total. The summed E-state index contributed by atoms with van der Waals surface area (Å²) in [6.07, 6.45) is 0.815. The lowest BCUT2D eigenvalue weighted by molar-refractivity contribution is -0.150. The molecule has 0 unspecified atom stereocenters. The standard InChI is InChI=1S/C28H35N3O4/c1-6-35-27(33)24-16-30(12-11-21(24)23-15-17(2)18(3)19(4)20(23)5)13-14-31-26(32)22-9-7-8-10-25(22)29-28(31)34/h7-10,15,21,24H,6,11-14,16H2,1-5H3,(H,29,34)/t21-,24-/m0/s1. The molecule has 186 valence electrons. The fraction of sp³-hybridized carbons (Fsp3) is 0.464. The van der Waals surface area contributed by atoms with Gasteiger partial charge in [-0.05, 0) is 93.5 Å². The van der Waals surface area contributed by atoms with E-state index in [9.17, 15) is 14.4 Å². The van der Waals surface area contributed by atoms with Crippen molar-refractivity contribution in [3.05, 3.63) is 79.0 Å². The van der Waals surface area contributed by atoms with Crippen LogP contribution < -0.4 is 11.2 Å². The van der Waals surface area contributed by atoms with Crippen molar-refractivity contribution >= 4 is 16.9 Å². The van der Waals surface area contributed by atoms with Crippen molar-refractivity contribution in [3.63, 3.8) is 0 Å². The molecule has 0 spiro atoms. The van der Waals surface area contributed by atoms with Crippen LogP contribution in [0, 0.1) is 33.6 Å². The molecule has 1 aliphatic heterocycles. The van der Waals surface area contributed by atoms with Crippen molar-refractivity contribution in [2.24, 2.45) is 5.92 Å². The minimum absolute atomic E-state index is 0.0788. The topological polar surface area (TPSA) is 84.4 Å². The Morgan fingerprint density at radius 2 is 1.80 bits per heavy atom. The van der Waals surface area contributed by atoms with Gasteiger partial charge in [0.2, 0.25) is 0 Å². The van der Waals surface area contributed by atoms with E-state index in [2.05, 4.69) is 43.6 Å². The summed E-state index contributed by atoms with van der Waals surface area (Å²) in [4.78, 5) is 43.5. The van der Waals surface area contributed by atoms with Gasteiger partial charge in [0.05, 0.1) is 23.4 Å². The Morgan fingerprint density at radius 3 is 2.54 bits per heavy atom. The number of carbonyl (C=O) groups excluding carboxylic acids is 1. The molecule has 1 aromatic heterocycles. The Kier molecular flexibility index (Phi) is 7.26. The van der Waals surface area contributed by atoms with E-state index in [4.69, 9.17) is 4.74 Å². The number of nitrogens with zero attached hydrogens (tertiary/aromatic N) is 2. The zero-order chi connectivity index (χ0) is 25.3. The van der Waals surface area contributed by atoms with E-state index in [0.717, 1.165) is 13.0 Å². The highest BCUT2D eigenvalue weighted by Gasteiger charge is 2.37. The van der Waals surface area contributed by atoms with Gasteiger partial charge in [-0.15, -0.1) is 0 Å². The molecule has 0 saturated carbocycles. The Labute approximate surface area is 205 Å². The Morgan fingerprint density at radius 1 is 1.06 bits per heavy atom. The van der Waals surface area contributed by atoms with Gasteiger partial charge in [0, 0.05) is 19.6 Å². The first-order chi connectivity index (χ1) is 16.7. The number of para-hydroxylation sites is 1. The number of piperidine rings is 1. The molecular formula is C28H35N3O4. The first-order valence-electron chi connectivity index (χ1n) is 12.4. The number of hydrogen-bond acceptors (Lipinski definition) is 5. The maximum atomic E-state index is 13.0. The molecule has 1 aliphatic rings. The fourth-order valence-electron chi connectivity index (χ4n) is 5.35. The van der Waals surface area contributed by atoms with Crippen LogP contribution in [-0.2, 0) is 16.1 Å². The lowest BCUT2D eigenvalue weighted by atomic mass is 9.76. The molecule has 7 heteroatoms. The zero-order valence-electron chi connectivity index (χ0n) is 21.3. The van der Waals surface area contributed by atoms with E-state index < -0.39 is 5.69 Å². The van der Waals surface area contributed by atoms with Gasteiger partial charge in [-0.2, -0.15) is 0 Å². The van der Waals surface area contributed by atoms with Crippen LogP contribution >= 0.6 is 0 Å². The van der Waals surface area contributed by atoms with Crippen molar-refractivity contribution in [2.75, 3.05) is 26.2 Å². The number of nitrogens with one attached hydrogen (secondary N) is 1. The second kappa shape index (κ2) is 10.2. The maximum absolute atomic E-state index is 13.0. The van der Waals surface area contributed by atoms with Gasteiger partial charge < -0.3 is 14.6 Å². The van der Waals surface area contributed by atoms with Crippen LogP contribution in [0.5, 0.6) is 0 Å². The predicted octanol–water partition coefficient (Wildman–Crippen LogP) is 3.59. The third-order valence-electron chi connectivity index (χ3n) is 7.74. The minimum Gasteiger partial charge on any atom is -0.466 e. The van der Waals surface area contributed by atoms with Crippen LogP contribution in [-0.4, -0.2) is 46.7 Å². The summed E-state index contributed by atoms with van der Waals surface area (Å²) in [5, 5.41) is 0.496. The number of fused-ring (bicyclic) bond motifs is 1. The van der Waals surface area contributed by atoms with Crippen LogP contribution in [0.2, 0.25) is 0 Å². The van der Waals surface area contributed by atoms with Gasteiger partial charge in [0.15, 0.2) is 0 Å². The highest BCUT2D eigenvalue weighted by atomic mass is 16.5. The number of aromatic amines is 1. The number of H-pyrrole nitrogens is 1. The normalized spacial score (nSPS) is 18.7. The number of ether oxygens (including phenoxy) is 1. The van der Waals surface area contributed by atoms with E-state index in [-0.39, 0.29) is 29.9 Å². The minimum atomic E-state index is -0.410. The van der Waals surface area contributed by atoms with Gasteiger partial charge >= 0.3 is 11.7 Å². The Balaban J connectivity index is 1.58. The number of carbonyl (C=O) groups is 1. The number of esters is 1. The van der Waals surface area contributed by atoms with Crippen molar-refractivity contribution in [1.82, 2.24) is 14.5 Å². The van der Waals surface area contributed by atoms with E-state index >= 15 is 0 Å². The van der Waals surface area contributed by atoms with Crippen molar-refractivity contribution < 1.29 is 9.53 Å². The molecule has 2 aromatic carbocycles. The smallest absolute Gasteiger partial charge is 0.328 e. The molecule has 1 N–H and O–H groups in total. The second-order valence-electron chi connectivity index (χ2n) is 9.64. The average Bonchev–Trinajstić information content (AvgIpc) is 2.85. The first-order valence-corrected chi connectivity index (χ1v) is 12.4. The van der Waals surface area contributed by atoms with E-state index in [1.165, 1.54) is 32.4 Å². The van der Waals surface area contributed by atoms with Crippen LogP contribution in [0.15, 0.2) is 39.9 Å². The molecule has 0 amide bonds. The van der Waals surface area contributed by atoms with Gasteiger partial charge in [0.1, 0.15) is 0 Å². The summed E-state index contributed by atoms with van der Waals surface area (Å²) in [6.45, 7) is 12.8. The SMILES string of the molecule is CCOC(=O)[C@H]1CN(CCn2c(=O)[nH]c3ccccc3c2=O)CC[C@H]1c1cc(C)c(C)c(C)c1C. The van der Waals surface area contributed by atoms with Crippen LogP contribution in [0.3, 0.4) is 0 Å². The van der Waals surface area contributed by atoms with E-state index in [0.29, 0.717) is 30.6 Å². The van der Waals surface area contributed by atoms with E-state index in [1.54, 1.807) is 24.3 Å². The van der Waals surface area contributed by atoms with Crippen LogP contribution in [0.1, 0.15) is 47.1 Å². The first kappa shape index (κ1) is 24.9. The molecule has 2 heterocycles. The molecule has 1 saturated heterocycles. The molecule has 3 aromatic rings. The highest BCUT2D eigenvalue weighted by Crippen LogP contribution is 2.38. The van der Waals surface area contributed by atoms with Crippen LogP contribution in [0.4, 0.5) is 0 Å². The van der Waals surface area contributed by atoms with Gasteiger partial charge in [-0.3, -0.25) is 14.2 Å². The van der Waals surface area contributed by atoms with Gasteiger partial charge in [-0.1, -0.05) is 18.2 Å². The van der Waals surface area contributed by atoms with E-state index in [1.807, 2.05) is 6.92 Å². The molecule has 0 radical (unpaired) electrons. The molecule has 0 bridgehead atoms. The number of benzene rings is 2. The number of aryl methyl sites for hydroxylation is 1. The number of rotatable bonds is 6. The zero-order valence-corrected chi connectivity index (χ0v) is 21.3. The van der Waals surface area contributed by atoms with Crippen molar-refractivity contribution in [3.8, 4) is 0 Å². The number of hydrogen-bond donors (Lipinski definition) is 1. The molecule has 2 atom stereocenters. The average molecular weight is 478 g/mol. The molecule has 1 fully saturated rings. The fourth-order valence-corrected chi connectivity index (χ4v) is 5.35. The van der Waals surface area contributed by atoms with Gasteiger partial charge in [0.25, 0.3) is 5.56 Å². The Bertz CT molecular complexity index is 1370. The molecule has 35 heavy (non-hydrogen) atoms. The third kappa shape index (κ3) is 4.82. The molecule has 4 rings (SSSR count). The van der Waals surface area contributed by atoms with Crippen molar-refractivity contribution in [1.29, 1.82) is 0 Å². The number of aromatic nitrogens is 2. The number of likely N-dealkylation sites (tertiary alicyclic amines) is 1. The summed E-state index contributed by atoms with van der Waals surface area (Å²) in [7, 11) is 0. The third-order valence-corrected chi connectivity index (χ3v) is 7.74. The molecule has 0 aliphatic carbocycles. The maximum Gasteiger partial charge on any atom is 0.328 e. The Hall–Kier alpha value is -3.19. The highest BCUT2D eigenvalue weighted by molar-refractivity contribution is 5.77. The summed E-state index contributed by atoms with van der Waals surface area (Å²) >= 11 is 0. The lowest BCUT2D eigenvalue weighted by Gasteiger charge is -2.38. The predicted molar refractivity (Wildman–Crippen MR) is 138 cm³/mol. The summed E-state index contributed by atoms with van der Waals surface area (Å²) in [5.41, 5.74) is 6.13. The molecular weight excluding hydrogens is 442 g/mol. The van der Waals surface area contributed by atoms with Gasteiger partial charge in [-0.25, -0.2) is 4.79 Å². The van der Waals surface area contributed by atoms with Crippen molar-refractivity contribution in [2.45, 2.75) is 53.5 Å². The summed E-state index contributed by atoms with van der Waals surface area (Å²) in [6, 6.07) is 9.27. The second-order valence-corrected chi connectivity index (χ2v) is 9.64.